The van der Waals surface area contributed by atoms with Crippen LogP contribution >= 0.6 is 0 Å². The zero-order valence-electron chi connectivity index (χ0n) is 8.29. The van der Waals surface area contributed by atoms with Gasteiger partial charge in [0.05, 0.1) is 11.5 Å². The van der Waals surface area contributed by atoms with E-state index >= 15 is 0 Å². The Balaban J connectivity index is 2.83. The SMILES string of the molecule is C=N[C@@H]1CC[C@@](C(=O)O)(C(C)C)C1. The Bertz CT molecular complexity index is 225. The highest BCUT2D eigenvalue weighted by atomic mass is 16.4. The summed E-state index contributed by atoms with van der Waals surface area (Å²) in [7, 11) is 0. The summed E-state index contributed by atoms with van der Waals surface area (Å²) in [6, 6.07) is 0.151. The molecule has 0 amide bonds. The Labute approximate surface area is 78.9 Å². The second-order valence-corrected chi connectivity index (χ2v) is 4.20. The highest BCUT2D eigenvalue weighted by molar-refractivity contribution is 5.75. The van der Waals surface area contributed by atoms with Gasteiger partial charge in [-0.25, -0.2) is 0 Å². The van der Waals surface area contributed by atoms with Crippen LogP contribution in [-0.2, 0) is 4.79 Å². The van der Waals surface area contributed by atoms with Crippen LogP contribution in [0.1, 0.15) is 33.1 Å². The summed E-state index contributed by atoms with van der Waals surface area (Å²) >= 11 is 0. The minimum Gasteiger partial charge on any atom is -0.481 e. The number of aliphatic carboxylic acids is 1. The van der Waals surface area contributed by atoms with Crippen LogP contribution in [0.15, 0.2) is 4.99 Å². The molecule has 1 fully saturated rings. The van der Waals surface area contributed by atoms with E-state index in [2.05, 4.69) is 11.7 Å². The van der Waals surface area contributed by atoms with Crippen LogP contribution in [0.25, 0.3) is 0 Å². The number of hydrogen-bond donors (Lipinski definition) is 1. The maximum Gasteiger partial charge on any atom is 0.309 e. The molecule has 0 spiro atoms. The molecule has 1 aliphatic rings. The zero-order valence-corrected chi connectivity index (χ0v) is 8.29. The third-order valence-electron chi connectivity index (χ3n) is 3.31. The van der Waals surface area contributed by atoms with Gasteiger partial charge in [0.2, 0.25) is 0 Å². The summed E-state index contributed by atoms with van der Waals surface area (Å²) in [4.78, 5) is 15.1. The van der Waals surface area contributed by atoms with Gasteiger partial charge in [0.15, 0.2) is 0 Å². The minimum absolute atomic E-state index is 0.151. The zero-order chi connectivity index (χ0) is 10.1. The number of carbonyl (C=O) groups is 1. The van der Waals surface area contributed by atoms with Gasteiger partial charge in [0, 0.05) is 0 Å². The molecule has 74 valence electrons. The predicted octanol–water partition coefficient (Wildman–Crippen LogP) is 1.97. The quantitative estimate of drug-likeness (QED) is 0.680. The number of rotatable bonds is 3. The van der Waals surface area contributed by atoms with E-state index in [1.54, 1.807) is 0 Å². The molecule has 1 N–H and O–H groups in total. The first-order valence-corrected chi connectivity index (χ1v) is 4.72. The summed E-state index contributed by atoms with van der Waals surface area (Å²) in [5.41, 5.74) is -0.550. The normalized spacial score (nSPS) is 33.6. The number of aliphatic imine (C=N–C) groups is 1. The first-order chi connectivity index (χ1) is 6.03. The first-order valence-electron chi connectivity index (χ1n) is 4.72. The van der Waals surface area contributed by atoms with Crippen molar-refractivity contribution in [2.75, 3.05) is 0 Å². The molecule has 0 radical (unpaired) electrons. The van der Waals surface area contributed by atoms with Gasteiger partial charge in [-0.3, -0.25) is 9.79 Å². The van der Waals surface area contributed by atoms with Crippen molar-refractivity contribution >= 4 is 12.7 Å². The summed E-state index contributed by atoms with van der Waals surface area (Å²) in [6.07, 6.45) is 2.27. The average molecular weight is 183 g/mol. The van der Waals surface area contributed by atoms with E-state index in [1.165, 1.54) is 0 Å². The Morgan fingerprint density at radius 2 is 2.31 bits per heavy atom. The molecular formula is C10H17NO2. The largest absolute Gasteiger partial charge is 0.481 e. The molecular weight excluding hydrogens is 166 g/mol. The van der Waals surface area contributed by atoms with Crippen molar-refractivity contribution < 1.29 is 9.90 Å². The summed E-state index contributed by atoms with van der Waals surface area (Å²) in [5.74, 6) is -0.495. The van der Waals surface area contributed by atoms with Crippen LogP contribution < -0.4 is 0 Å². The summed E-state index contributed by atoms with van der Waals surface area (Å²) in [5, 5.41) is 9.19. The lowest BCUT2D eigenvalue weighted by molar-refractivity contribution is -0.151. The highest BCUT2D eigenvalue weighted by Crippen LogP contribution is 2.45. The fourth-order valence-electron chi connectivity index (χ4n) is 2.17. The molecule has 1 aliphatic carbocycles. The van der Waals surface area contributed by atoms with Crippen molar-refractivity contribution in [3.05, 3.63) is 0 Å². The molecule has 0 bridgehead atoms. The molecule has 0 heterocycles. The van der Waals surface area contributed by atoms with Gasteiger partial charge in [0.1, 0.15) is 0 Å². The lowest BCUT2D eigenvalue weighted by atomic mass is 9.75. The van der Waals surface area contributed by atoms with Gasteiger partial charge in [-0.2, -0.15) is 0 Å². The third-order valence-corrected chi connectivity index (χ3v) is 3.31. The molecule has 0 aromatic carbocycles. The maximum atomic E-state index is 11.2. The van der Waals surface area contributed by atoms with E-state index in [9.17, 15) is 9.90 Å². The average Bonchev–Trinajstić information content (AvgIpc) is 2.48. The molecule has 0 aromatic heterocycles. The van der Waals surface area contributed by atoms with Crippen LogP contribution in [0.4, 0.5) is 0 Å². The molecule has 0 aromatic rings. The topological polar surface area (TPSA) is 49.7 Å². The standard InChI is InChI=1S/C10H17NO2/c1-7(2)10(9(12)13)5-4-8(6-10)11-3/h7-8H,3-6H2,1-2H3,(H,12,13)/t8-,10+/m1/s1. The van der Waals surface area contributed by atoms with Crippen LogP contribution in [-0.4, -0.2) is 23.8 Å². The maximum absolute atomic E-state index is 11.2. The molecule has 0 saturated heterocycles. The van der Waals surface area contributed by atoms with Crippen LogP contribution in [0.3, 0.4) is 0 Å². The van der Waals surface area contributed by atoms with E-state index in [0.29, 0.717) is 6.42 Å². The Hall–Kier alpha value is -0.860. The number of hydrogen-bond acceptors (Lipinski definition) is 2. The van der Waals surface area contributed by atoms with E-state index in [1.807, 2.05) is 13.8 Å². The molecule has 2 atom stereocenters. The van der Waals surface area contributed by atoms with Crippen molar-refractivity contribution in [2.24, 2.45) is 16.3 Å². The van der Waals surface area contributed by atoms with Crippen molar-refractivity contribution in [3.8, 4) is 0 Å². The van der Waals surface area contributed by atoms with Crippen molar-refractivity contribution in [1.82, 2.24) is 0 Å². The first kappa shape index (κ1) is 10.2. The fraction of sp³-hybridized carbons (Fsp3) is 0.800. The lowest BCUT2D eigenvalue weighted by Crippen LogP contribution is -2.34. The van der Waals surface area contributed by atoms with Crippen LogP contribution in [0.5, 0.6) is 0 Å². The predicted molar refractivity (Wildman–Crippen MR) is 52.1 cm³/mol. The number of nitrogens with zero attached hydrogens (tertiary/aromatic N) is 1. The van der Waals surface area contributed by atoms with E-state index in [-0.39, 0.29) is 12.0 Å². The van der Waals surface area contributed by atoms with Crippen LogP contribution in [0.2, 0.25) is 0 Å². The molecule has 13 heavy (non-hydrogen) atoms. The molecule has 1 saturated carbocycles. The molecule has 0 unspecified atom stereocenters. The number of carboxylic acid groups (broad SMARTS) is 1. The van der Waals surface area contributed by atoms with E-state index in [0.717, 1.165) is 12.8 Å². The smallest absolute Gasteiger partial charge is 0.309 e. The second-order valence-electron chi connectivity index (χ2n) is 4.20. The Morgan fingerprint density at radius 3 is 2.54 bits per heavy atom. The van der Waals surface area contributed by atoms with E-state index in [4.69, 9.17) is 0 Å². The van der Waals surface area contributed by atoms with Gasteiger partial charge in [-0.05, 0) is 31.9 Å². The molecule has 3 heteroatoms. The highest BCUT2D eigenvalue weighted by Gasteiger charge is 2.47. The minimum atomic E-state index is -0.673. The third kappa shape index (κ3) is 1.60. The monoisotopic (exact) mass is 183 g/mol. The van der Waals surface area contributed by atoms with Gasteiger partial charge in [-0.1, -0.05) is 13.8 Å². The lowest BCUT2D eigenvalue weighted by Gasteiger charge is -2.28. The number of carboxylic acids is 1. The molecule has 3 nitrogen and oxygen atoms in total. The van der Waals surface area contributed by atoms with E-state index < -0.39 is 11.4 Å². The molecule has 1 rings (SSSR count). The summed E-state index contributed by atoms with van der Waals surface area (Å²) < 4.78 is 0. The molecule has 0 aliphatic heterocycles. The summed E-state index contributed by atoms with van der Waals surface area (Å²) in [6.45, 7) is 7.43. The second kappa shape index (κ2) is 3.48. The Kier molecular flexibility index (Phi) is 2.74. The van der Waals surface area contributed by atoms with Gasteiger partial charge >= 0.3 is 5.97 Å². The van der Waals surface area contributed by atoms with Gasteiger partial charge in [-0.15, -0.1) is 0 Å². The van der Waals surface area contributed by atoms with Crippen molar-refractivity contribution in [3.63, 3.8) is 0 Å². The van der Waals surface area contributed by atoms with Gasteiger partial charge in [0.25, 0.3) is 0 Å². The fourth-order valence-corrected chi connectivity index (χ4v) is 2.17. The van der Waals surface area contributed by atoms with Crippen LogP contribution in [0, 0.1) is 11.3 Å². The van der Waals surface area contributed by atoms with Crippen molar-refractivity contribution in [1.29, 1.82) is 0 Å². The van der Waals surface area contributed by atoms with Gasteiger partial charge < -0.3 is 5.11 Å². The Morgan fingerprint density at radius 1 is 1.69 bits per heavy atom. The van der Waals surface area contributed by atoms with Crippen molar-refractivity contribution in [2.45, 2.75) is 39.2 Å².